The first-order chi connectivity index (χ1) is 7.29. The van der Waals surface area contributed by atoms with Crippen LogP contribution in [0.2, 0.25) is 5.02 Å². The molecule has 1 rings (SSSR count). The fourth-order valence-electron chi connectivity index (χ4n) is 1.21. The Bertz CT molecular complexity index is 489. The van der Waals surface area contributed by atoms with Crippen LogP contribution in [-0.4, -0.2) is 5.78 Å². The van der Waals surface area contributed by atoms with Crippen LogP contribution in [0.1, 0.15) is 29.8 Å². The van der Waals surface area contributed by atoms with Gasteiger partial charge in [-0.05, 0) is 38.5 Å². The van der Waals surface area contributed by atoms with E-state index in [1.807, 2.05) is 6.07 Å². The molecule has 0 bridgehead atoms. The molecule has 0 aliphatic heterocycles. The van der Waals surface area contributed by atoms with Gasteiger partial charge in [-0.15, -0.1) is 0 Å². The molecule has 0 atom stereocenters. The van der Waals surface area contributed by atoms with Crippen LogP contribution in [0.25, 0.3) is 0 Å². The van der Waals surface area contributed by atoms with Gasteiger partial charge in [0.25, 0.3) is 0 Å². The second-order valence-electron chi connectivity index (χ2n) is 4.15. The maximum absolute atomic E-state index is 13.3. The van der Waals surface area contributed by atoms with Crippen LogP contribution in [0.3, 0.4) is 0 Å². The normalized spacial score (nSPS) is 11.0. The monoisotopic (exact) mass is 239 g/mol. The van der Waals surface area contributed by atoms with Crippen molar-refractivity contribution in [3.63, 3.8) is 0 Å². The van der Waals surface area contributed by atoms with Gasteiger partial charge in [0.15, 0.2) is 5.78 Å². The zero-order valence-electron chi connectivity index (χ0n) is 9.27. The van der Waals surface area contributed by atoms with E-state index in [1.54, 1.807) is 6.92 Å². The number of aryl methyl sites for hydroxylation is 1. The summed E-state index contributed by atoms with van der Waals surface area (Å²) < 4.78 is 13.3. The van der Waals surface area contributed by atoms with Gasteiger partial charge in [-0.2, -0.15) is 5.26 Å². The Kier molecular flexibility index (Phi) is 3.35. The topological polar surface area (TPSA) is 40.9 Å². The number of carbonyl (C=O) groups excluding carboxylic acids is 1. The molecule has 0 aliphatic rings. The number of carbonyl (C=O) groups is 1. The van der Waals surface area contributed by atoms with E-state index in [0.29, 0.717) is 5.56 Å². The minimum Gasteiger partial charge on any atom is -0.292 e. The van der Waals surface area contributed by atoms with E-state index >= 15 is 0 Å². The molecule has 0 radical (unpaired) electrons. The summed E-state index contributed by atoms with van der Waals surface area (Å²) in [5.74, 6) is -0.972. The minimum atomic E-state index is -1.20. The Balaban J connectivity index is 3.31. The van der Waals surface area contributed by atoms with Gasteiger partial charge in [-0.3, -0.25) is 4.79 Å². The molecule has 0 N–H and O–H groups in total. The summed E-state index contributed by atoms with van der Waals surface area (Å²) in [6, 6.07) is 4.34. The van der Waals surface area contributed by atoms with E-state index in [2.05, 4.69) is 0 Å². The first-order valence-corrected chi connectivity index (χ1v) is 5.09. The van der Waals surface area contributed by atoms with Crippen molar-refractivity contribution in [3.05, 3.63) is 34.1 Å². The molecule has 0 saturated carbocycles. The maximum atomic E-state index is 13.3. The molecule has 4 heteroatoms. The predicted molar refractivity (Wildman–Crippen MR) is 59.9 cm³/mol. The predicted octanol–water partition coefficient (Wildman–Crippen LogP) is 3.52. The second kappa shape index (κ2) is 4.23. The van der Waals surface area contributed by atoms with Gasteiger partial charge in [0, 0.05) is 5.56 Å². The van der Waals surface area contributed by atoms with Crippen molar-refractivity contribution in [2.24, 2.45) is 5.41 Å². The van der Waals surface area contributed by atoms with Gasteiger partial charge in [-0.1, -0.05) is 11.6 Å². The van der Waals surface area contributed by atoms with E-state index < -0.39 is 17.0 Å². The van der Waals surface area contributed by atoms with Crippen molar-refractivity contribution in [2.75, 3.05) is 0 Å². The first-order valence-electron chi connectivity index (χ1n) is 4.71. The fraction of sp³-hybridized carbons (Fsp3) is 0.333. The highest BCUT2D eigenvalue weighted by Gasteiger charge is 2.30. The molecular weight excluding hydrogens is 229 g/mol. The van der Waals surface area contributed by atoms with Crippen molar-refractivity contribution < 1.29 is 9.18 Å². The van der Waals surface area contributed by atoms with Gasteiger partial charge in [-0.25, -0.2) is 4.39 Å². The number of rotatable bonds is 2. The average Bonchev–Trinajstić information content (AvgIpc) is 2.22. The van der Waals surface area contributed by atoms with E-state index in [4.69, 9.17) is 16.9 Å². The van der Waals surface area contributed by atoms with E-state index in [-0.39, 0.29) is 10.6 Å². The average molecular weight is 240 g/mol. The van der Waals surface area contributed by atoms with Gasteiger partial charge in [0.1, 0.15) is 11.2 Å². The lowest BCUT2D eigenvalue weighted by Crippen LogP contribution is -2.22. The molecule has 0 fully saturated rings. The summed E-state index contributed by atoms with van der Waals surface area (Å²) in [4.78, 5) is 11.9. The lowest BCUT2D eigenvalue weighted by atomic mass is 9.85. The van der Waals surface area contributed by atoms with Gasteiger partial charge in [0.2, 0.25) is 0 Å². The quantitative estimate of drug-likeness (QED) is 0.741. The van der Waals surface area contributed by atoms with E-state index in [1.165, 1.54) is 19.9 Å². The zero-order chi connectivity index (χ0) is 12.5. The molecule has 0 unspecified atom stereocenters. The Morgan fingerprint density at radius 3 is 2.56 bits per heavy atom. The largest absolute Gasteiger partial charge is 0.292 e. The number of hydrogen-bond donors (Lipinski definition) is 0. The Morgan fingerprint density at radius 1 is 1.50 bits per heavy atom. The lowest BCUT2D eigenvalue weighted by Gasteiger charge is -2.15. The Morgan fingerprint density at radius 2 is 2.06 bits per heavy atom. The number of hydrogen-bond acceptors (Lipinski definition) is 2. The third-order valence-electron chi connectivity index (χ3n) is 2.34. The van der Waals surface area contributed by atoms with Crippen molar-refractivity contribution in [3.8, 4) is 6.07 Å². The fourth-order valence-corrected chi connectivity index (χ4v) is 1.51. The molecule has 0 aromatic heterocycles. The summed E-state index contributed by atoms with van der Waals surface area (Å²) in [6.45, 7) is 4.51. The molecule has 16 heavy (non-hydrogen) atoms. The van der Waals surface area contributed by atoms with Crippen molar-refractivity contribution >= 4 is 17.4 Å². The van der Waals surface area contributed by atoms with Gasteiger partial charge in [0.05, 0.1) is 11.1 Å². The summed E-state index contributed by atoms with van der Waals surface area (Å²) in [5, 5.41) is 9.01. The number of benzene rings is 1. The summed E-state index contributed by atoms with van der Waals surface area (Å²) >= 11 is 5.86. The lowest BCUT2D eigenvalue weighted by molar-refractivity contribution is 0.0891. The molecule has 2 nitrogen and oxygen atoms in total. The number of Topliss-reactive ketones (excluding diaryl/α,β-unsaturated/α-hetero) is 1. The Labute approximate surface area is 98.6 Å². The number of nitriles is 1. The minimum absolute atomic E-state index is 0.0521. The SMILES string of the molecule is Cc1cc(Cl)c(C(=O)C(C)(C)C#N)cc1F. The smallest absolute Gasteiger partial charge is 0.184 e. The van der Waals surface area contributed by atoms with Crippen molar-refractivity contribution in [2.45, 2.75) is 20.8 Å². The number of ketones is 1. The van der Waals surface area contributed by atoms with Crippen LogP contribution >= 0.6 is 11.6 Å². The number of halogens is 2. The molecule has 0 heterocycles. The van der Waals surface area contributed by atoms with Crippen LogP contribution in [0.5, 0.6) is 0 Å². The zero-order valence-corrected chi connectivity index (χ0v) is 10.0. The summed E-state index contributed by atoms with van der Waals surface area (Å²) in [7, 11) is 0. The number of nitrogens with zero attached hydrogens (tertiary/aromatic N) is 1. The van der Waals surface area contributed by atoms with Crippen LogP contribution < -0.4 is 0 Å². The molecule has 1 aromatic carbocycles. The summed E-state index contributed by atoms with van der Waals surface area (Å²) in [6.07, 6.45) is 0. The van der Waals surface area contributed by atoms with Gasteiger partial charge < -0.3 is 0 Å². The summed E-state index contributed by atoms with van der Waals surface area (Å²) in [5.41, 5.74) is -0.779. The molecule has 0 amide bonds. The van der Waals surface area contributed by atoms with Gasteiger partial charge >= 0.3 is 0 Å². The maximum Gasteiger partial charge on any atom is 0.184 e. The molecule has 1 aromatic rings. The van der Waals surface area contributed by atoms with Crippen molar-refractivity contribution in [1.82, 2.24) is 0 Å². The first kappa shape index (κ1) is 12.7. The van der Waals surface area contributed by atoms with Crippen LogP contribution in [-0.2, 0) is 0 Å². The molecular formula is C12H11ClFNO. The van der Waals surface area contributed by atoms with Crippen LogP contribution in [0.4, 0.5) is 4.39 Å². The molecule has 0 spiro atoms. The molecule has 84 valence electrons. The highest BCUT2D eigenvalue weighted by Crippen LogP contribution is 2.27. The molecule has 0 aliphatic carbocycles. The van der Waals surface area contributed by atoms with Crippen LogP contribution in [0.15, 0.2) is 12.1 Å². The second-order valence-corrected chi connectivity index (χ2v) is 4.55. The third kappa shape index (κ3) is 2.23. The van der Waals surface area contributed by atoms with E-state index in [0.717, 1.165) is 6.07 Å². The highest BCUT2D eigenvalue weighted by molar-refractivity contribution is 6.34. The highest BCUT2D eigenvalue weighted by atomic mass is 35.5. The van der Waals surface area contributed by atoms with E-state index in [9.17, 15) is 9.18 Å². The third-order valence-corrected chi connectivity index (χ3v) is 2.65. The standard InChI is InChI=1S/C12H11ClFNO/c1-7-4-9(13)8(5-10(7)14)11(16)12(2,3)6-15/h4-5H,1-3H3. The molecule has 0 saturated heterocycles. The van der Waals surface area contributed by atoms with Crippen LogP contribution in [0, 0.1) is 29.5 Å². The van der Waals surface area contributed by atoms with Crippen molar-refractivity contribution in [1.29, 1.82) is 5.26 Å². The Hall–Kier alpha value is -1.40.